The molecule has 3 aromatic carbocycles. The number of anilines is 1. The van der Waals surface area contributed by atoms with E-state index in [9.17, 15) is 5.11 Å². The summed E-state index contributed by atoms with van der Waals surface area (Å²) in [6.45, 7) is 6.67. The molecule has 0 radical (unpaired) electrons. The van der Waals surface area contributed by atoms with E-state index in [0.29, 0.717) is 12.2 Å². The molecule has 0 unspecified atom stereocenters. The Morgan fingerprint density at radius 2 is 1.65 bits per heavy atom. The third-order valence-electron chi connectivity index (χ3n) is 5.22. The van der Waals surface area contributed by atoms with Crippen molar-refractivity contribution in [2.45, 2.75) is 27.3 Å². The molecule has 5 nitrogen and oxygen atoms in total. The highest BCUT2D eigenvalue weighted by molar-refractivity contribution is 7.80. The van der Waals surface area contributed by atoms with Crippen molar-refractivity contribution in [2.75, 3.05) is 5.32 Å². The lowest BCUT2D eigenvalue weighted by Crippen LogP contribution is -2.05. The zero-order chi connectivity index (χ0) is 22.0. The van der Waals surface area contributed by atoms with Gasteiger partial charge in [0.05, 0.1) is 12.1 Å². The number of rotatable bonds is 4. The molecule has 0 fully saturated rings. The molecule has 1 aromatic heterocycles. The van der Waals surface area contributed by atoms with Gasteiger partial charge in [-0.2, -0.15) is 0 Å². The van der Waals surface area contributed by atoms with Crippen molar-refractivity contribution in [3.8, 4) is 5.88 Å². The first-order valence-electron chi connectivity index (χ1n) is 10.1. The van der Waals surface area contributed by atoms with Gasteiger partial charge in [-0.1, -0.05) is 48.5 Å². The largest absolute Gasteiger partial charge is 0.493 e. The maximum Gasteiger partial charge on any atom is 0.221 e. The minimum absolute atomic E-state index is 0.0717. The first-order valence-corrected chi connectivity index (χ1v) is 10.5. The Balaban J connectivity index is 1.65. The Bertz CT molecular complexity index is 1290. The minimum atomic E-state index is 0.0717. The van der Waals surface area contributed by atoms with Gasteiger partial charge in [-0.05, 0) is 73.4 Å². The minimum Gasteiger partial charge on any atom is -0.493 e. The van der Waals surface area contributed by atoms with Gasteiger partial charge >= 0.3 is 0 Å². The Hall–Kier alpha value is -3.51. The zero-order valence-corrected chi connectivity index (χ0v) is 18.6. The smallest absolute Gasteiger partial charge is 0.221 e. The van der Waals surface area contributed by atoms with Crippen molar-refractivity contribution in [1.82, 2.24) is 4.57 Å². The summed E-state index contributed by atoms with van der Waals surface area (Å²) in [7, 11) is 0. The number of aromatic nitrogens is 1. The average molecular weight is 429 g/mol. The third-order valence-corrected chi connectivity index (χ3v) is 5.40. The van der Waals surface area contributed by atoms with E-state index in [0.717, 1.165) is 33.3 Å². The molecule has 4 rings (SSSR count). The molecule has 0 aliphatic carbocycles. The van der Waals surface area contributed by atoms with Crippen molar-refractivity contribution < 1.29 is 5.11 Å². The lowest BCUT2D eigenvalue weighted by molar-refractivity contribution is 0.429. The number of aryl methyl sites for hydroxylation is 3. The van der Waals surface area contributed by atoms with E-state index >= 15 is 0 Å². The molecule has 0 amide bonds. The van der Waals surface area contributed by atoms with Crippen molar-refractivity contribution in [3.05, 3.63) is 89.0 Å². The van der Waals surface area contributed by atoms with Crippen LogP contribution in [0.15, 0.2) is 77.0 Å². The molecule has 0 saturated carbocycles. The number of fused-ring (bicyclic) bond motifs is 1. The summed E-state index contributed by atoms with van der Waals surface area (Å²) in [5, 5.41) is 23.6. The molecular formula is C25H24N4OS. The number of hydrogen-bond donors (Lipinski definition) is 2. The number of nitrogens with one attached hydrogen (secondary N) is 1. The van der Waals surface area contributed by atoms with E-state index in [1.165, 1.54) is 5.56 Å². The number of nitrogens with zero attached hydrogens (tertiary/aromatic N) is 3. The van der Waals surface area contributed by atoms with Crippen LogP contribution in [0.4, 0.5) is 11.4 Å². The van der Waals surface area contributed by atoms with Crippen LogP contribution in [-0.4, -0.2) is 14.8 Å². The number of para-hydroxylation sites is 1. The second kappa shape index (κ2) is 8.70. The third kappa shape index (κ3) is 4.49. The van der Waals surface area contributed by atoms with Gasteiger partial charge in [-0.25, -0.2) is 0 Å². The number of thiocarbonyl (C=S) groups is 1. The molecule has 0 aliphatic heterocycles. The average Bonchev–Trinajstić information content (AvgIpc) is 2.98. The fraction of sp³-hybridized carbons (Fsp3) is 0.160. The summed E-state index contributed by atoms with van der Waals surface area (Å²) < 4.78 is 1.85. The van der Waals surface area contributed by atoms with Gasteiger partial charge in [0.1, 0.15) is 0 Å². The van der Waals surface area contributed by atoms with Crippen LogP contribution >= 0.6 is 12.2 Å². The molecule has 31 heavy (non-hydrogen) atoms. The van der Waals surface area contributed by atoms with Crippen molar-refractivity contribution in [1.29, 1.82) is 0 Å². The number of hydrogen-bond acceptors (Lipinski definition) is 3. The summed E-state index contributed by atoms with van der Waals surface area (Å²) in [5.74, 6) is 0.0717. The summed E-state index contributed by atoms with van der Waals surface area (Å²) in [5.41, 5.74) is 6.75. The second-order valence-corrected chi connectivity index (χ2v) is 8.10. The summed E-state index contributed by atoms with van der Waals surface area (Å²) in [6.07, 6.45) is 0. The van der Waals surface area contributed by atoms with Gasteiger partial charge < -0.3 is 15.0 Å². The van der Waals surface area contributed by atoms with E-state index in [1.807, 2.05) is 66.9 Å². The first-order chi connectivity index (χ1) is 14.9. The van der Waals surface area contributed by atoms with Gasteiger partial charge in [0, 0.05) is 11.1 Å². The molecule has 0 spiro atoms. The number of benzene rings is 3. The van der Waals surface area contributed by atoms with Crippen LogP contribution in [0.3, 0.4) is 0 Å². The standard InChI is InChI=1S/C25H24N4OS/c1-16-12-17(2)14-20(13-16)26-25(31)28-27-23-21-10-6-7-11-22(21)29(24(23)30)15-19-9-5-4-8-18(19)3/h4-14,30H,15H2,1-3H3,(H,26,31). The van der Waals surface area contributed by atoms with E-state index < -0.39 is 0 Å². The molecule has 0 saturated heterocycles. The van der Waals surface area contributed by atoms with Gasteiger partial charge in [-0.15, -0.1) is 10.2 Å². The van der Waals surface area contributed by atoms with Crippen LogP contribution in [0.2, 0.25) is 0 Å². The van der Waals surface area contributed by atoms with Gasteiger partial charge in [0.15, 0.2) is 5.69 Å². The molecule has 156 valence electrons. The first kappa shape index (κ1) is 20.8. The Morgan fingerprint density at radius 1 is 0.968 bits per heavy atom. The summed E-state index contributed by atoms with van der Waals surface area (Å²) in [6, 6.07) is 22.0. The van der Waals surface area contributed by atoms with Crippen molar-refractivity contribution >= 4 is 39.6 Å². The van der Waals surface area contributed by atoms with Crippen LogP contribution in [0.25, 0.3) is 10.9 Å². The number of aromatic hydroxyl groups is 1. The Kier molecular flexibility index (Phi) is 5.82. The molecule has 6 heteroatoms. The fourth-order valence-electron chi connectivity index (χ4n) is 3.78. The van der Waals surface area contributed by atoms with Crippen LogP contribution in [0.1, 0.15) is 22.3 Å². The highest BCUT2D eigenvalue weighted by atomic mass is 32.1. The van der Waals surface area contributed by atoms with Gasteiger partial charge in [0.2, 0.25) is 11.0 Å². The molecule has 0 atom stereocenters. The predicted molar refractivity (Wildman–Crippen MR) is 131 cm³/mol. The van der Waals surface area contributed by atoms with Crippen LogP contribution in [0, 0.1) is 20.8 Å². The Morgan fingerprint density at radius 3 is 2.39 bits per heavy atom. The van der Waals surface area contributed by atoms with Crippen LogP contribution < -0.4 is 5.32 Å². The van der Waals surface area contributed by atoms with Crippen molar-refractivity contribution in [3.63, 3.8) is 0 Å². The maximum absolute atomic E-state index is 11.0. The van der Waals surface area contributed by atoms with E-state index in [4.69, 9.17) is 12.2 Å². The second-order valence-electron chi connectivity index (χ2n) is 7.71. The quantitative estimate of drug-likeness (QED) is 0.277. The monoisotopic (exact) mass is 428 g/mol. The topological polar surface area (TPSA) is 61.9 Å². The SMILES string of the molecule is Cc1cc(C)cc(NC(=S)N=Nc2c(O)n(Cc3ccccc3C)c3ccccc23)c1. The highest BCUT2D eigenvalue weighted by Crippen LogP contribution is 2.39. The molecular weight excluding hydrogens is 404 g/mol. The lowest BCUT2D eigenvalue weighted by atomic mass is 10.1. The van der Waals surface area contributed by atoms with E-state index in [-0.39, 0.29) is 11.0 Å². The molecule has 4 aromatic rings. The van der Waals surface area contributed by atoms with Gasteiger partial charge in [-0.3, -0.25) is 0 Å². The molecule has 2 N–H and O–H groups in total. The predicted octanol–water partition coefficient (Wildman–Crippen LogP) is 6.80. The summed E-state index contributed by atoms with van der Waals surface area (Å²) >= 11 is 5.36. The van der Waals surface area contributed by atoms with Crippen LogP contribution in [-0.2, 0) is 6.54 Å². The normalized spacial score (nSPS) is 11.3. The molecule has 0 bridgehead atoms. The van der Waals surface area contributed by atoms with E-state index in [2.05, 4.69) is 40.7 Å². The molecule has 1 heterocycles. The fourth-order valence-corrected chi connectivity index (χ4v) is 3.94. The van der Waals surface area contributed by atoms with Crippen LogP contribution in [0.5, 0.6) is 5.88 Å². The summed E-state index contributed by atoms with van der Waals surface area (Å²) in [4.78, 5) is 0. The van der Waals surface area contributed by atoms with Crippen molar-refractivity contribution in [2.24, 2.45) is 10.2 Å². The lowest BCUT2D eigenvalue weighted by Gasteiger charge is -2.09. The highest BCUT2D eigenvalue weighted by Gasteiger charge is 2.17. The van der Waals surface area contributed by atoms with E-state index in [1.54, 1.807) is 0 Å². The number of azo groups is 1. The Labute approximate surface area is 187 Å². The maximum atomic E-state index is 11.0. The molecule has 0 aliphatic rings. The van der Waals surface area contributed by atoms with Gasteiger partial charge in [0.25, 0.3) is 0 Å². The zero-order valence-electron chi connectivity index (χ0n) is 17.8.